The zero-order chi connectivity index (χ0) is 13.7. The molecule has 5 nitrogen and oxygen atoms in total. The number of methoxy groups -OCH3 is 3. The fourth-order valence-corrected chi connectivity index (χ4v) is 2.36. The molecule has 0 aliphatic carbocycles. The van der Waals surface area contributed by atoms with Gasteiger partial charge in [0.2, 0.25) is 0 Å². The normalized spacial score (nSPS) is 16.2. The fourth-order valence-electron chi connectivity index (χ4n) is 2.36. The van der Waals surface area contributed by atoms with Gasteiger partial charge in [0, 0.05) is 44.4 Å². The lowest BCUT2D eigenvalue weighted by Gasteiger charge is -2.28. The molecule has 0 aromatic heterocycles. The molecule has 5 heteroatoms. The van der Waals surface area contributed by atoms with Crippen LogP contribution in [0.5, 0.6) is 17.2 Å². The van der Waals surface area contributed by atoms with Gasteiger partial charge in [-0.05, 0) is 6.07 Å². The summed E-state index contributed by atoms with van der Waals surface area (Å²) in [5.41, 5.74) is 1.10. The van der Waals surface area contributed by atoms with Crippen molar-refractivity contribution < 1.29 is 14.2 Å². The van der Waals surface area contributed by atoms with Gasteiger partial charge in [-0.3, -0.25) is 4.90 Å². The highest BCUT2D eigenvalue weighted by Crippen LogP contribution is 2.36. The molecule has 1 heterocycles. The maximum atomic E-state index is 5.49. The summed E-state index contributed by atoms with van der Waals surface area (Å²) >= 11 is 0. The van der Waals surface area contributed by atoms with E-state index in [1.165, 1.54) is 0 Å². The van der Waals surface area contributed by atoms with Crippen molar-refractivity contribution in [2.75, 3.05) is 47.5 Å². The minimum absolute atomic E-state index is 0.715. The van der Waals surface area contributed by atoms with E-state index in [-0.39, 0.29) is 0 Å². The van der Waals surface area contributed by atoms with Gasteiger partial charge >= 0.3 is 0 Å². The summed E-state index contributed by atoms with van der Waals surface area (Å²) in [4.78, 5) is 2.40. The van der Waals surface area contributed by atoms with Crippen molar-refractivity contribution in [2.45, 2.75) is 6.54 Å². The van der Waals surface area contributed by atoms with Crippen LogP contribution < -0.4 is 19.5 Å². The Kier molecular flexibility index (Phi) is 4.87. The minimum Gasteiger partial charge on any atom is -0.497 e. The van der Waals surface area contributed by atoms with E-state index in [1.807, 2.05) is 12.1 Å². The summed E-state index contributed by atoms with van der Waals surface area (Å²) in [7, 11) is 4.98. The number of benzene rings is 1. The molecule has 1 aromatic rings. The highest BCUT2D eigenvalue weighted by atomic mass is 16.5. The molecule has 2 rings (SSSR count). The van der Waals surface area contributed by atoms with Crippen LogP contribution in [0, 0.1) is 0 Å². The Morgan fingerprint density at radius 3 is 2.37 bits per heavy atom. The largest absolute Gasteiger partial charge is 0.497 e. The third-order valence-corrected chi connectivity index (χ3v) is 3.37. The molecular weight excluding hydrogens is 244 g/mol. The van der Waals surface area contributed by atoms with E-state index < -0.39 is 0 Å². The van der Waals surface area contributed by atoms with E-state index in [0.717, 1.165) is 49.8 Å². The van der Waals surface area contributed by atoms with Crippen molar-refractivity contribution in [1.82, 2.24) is 10.2 Å². The predicted octanol–water partition coefficient (Wildman–Crippen LogP) is 1.12. The van der Waals surface area contributed by atoms with Crippen molar-refractivity contribution in [2.24, 2.45) is 0 Å². The van der Waals surface area contributed by atoms with Crippen molar-refractivity contribution in [3.63, 3.8) is 0 Å². The average molecular weight is 266 g/mol. The predicted molar refractivity (Wildman–Crippen MR) is 74.2 cm³/mol. The summed E-state index contributed by atoms with van der Waals surface area (Å²) in [5, 5.41) is 3.35. The number of hydrogen-bond donors (Lipinski definition) is 1. The smallest absolute Gasteiger partial charge is 0.165 e. The Labute approximate surface area is 114 Å². The van der Waals surface area contributed by atoms with Crippen LogP contribution in [0.25, 0.3) is 0 Å². The first-order valence-corrected chi connectivity index (χ1v) is 6.50. The van der Waals surface area contributed by atoms with Crippen molar-refractivity contribution in [1.29, 1.82) is 0 Å². The van der Waals surface area contributed by atoms with Crippen molar-refractivity contribution >= 4 is 0 Å². The van der Waals surface area contributed by atoms with E-state index in [0.29, 0.717) is 5.75 Å². The zero-order valence-electron chi connectivity index (χ0n) is 11.9. The standard InChI is InChI=1S/C14H22N2O3/c1-17-12-8-11(10-16-6-4-15-5-7-16)14(19-3)13(9-12)18-2/h8-9,15H,4-7,10H2,1-3H3. The van der Waals surface area contributed by atoms with Crippen LogP contribution in [0.1, 0.15) is 5.56 Å². The second kappa shape index (κ2) is 6.63. The Morgan fingerprint density at radius 1 is 1.05 bits per heavy atom. The number of ether oxygens (including phenoxy) is 3. The molecule has 0 bridgehead atoms. The van der Waals surface area contributed by atoms with Gasteiger partial charge in [-0.2, -0.15) is 0 Å². The van der Waals surface area contributed by atoms with Gasteiger partial charge in [-0.1, -0.05) is 0 Å². The first kappa shape index (κ1) is 14.0. The molecular formula is C14H22N2O3. The zero-order valence-corrected chi connectivity index (χ0v) is 11.9. The Hall–Kier alpha value is -1.46. The van der Waals surface area contributed by atoms with Gasteiger partial charge in [-0.15, -0.1) is 0 Å². The number of rotatable bonds is 5. The second-order valence-electron chi connectivity index (χ2n) is 4.55. The van der Waals surface area contributed by atoms with Crippen LogP contribution in [0.3, 0.4) is 0 Å². The van der Waals surface area contributed by atoms with Crippen LogP contribution in [-0.4, -0.2) is 52.4 Å². The minimum atomic E-state index is 0.715. The third kappa shape index (κ3) is 3.30. The van der Waals surface area contributed by atoms with Gasteiger partial charge in [0.05, 0.1) is 21.3 Å². The molecule has 1 aromatic carbocycles. The molecule has 1 N–H and O–H groups in total. The number of nitrogens with one attached hydrogen (secondary N) is 1. The Bertz CT molecular complexity index is 417. The lowest BCUT2D eigenvalue weighted by Crippen LogP contribution is -2.42. The molecule has 0 unspecified atom stereocenters. The van der Waals surface area contributed by atoms with Crippen LogP contribution in [0.15, 0.2) is 12.1 Å². The number of hydrogen-bond acceptors (Lipinski definition) is 5. The molecule has 0 atom stereocenters. The van der Waals surface area contributed by atoms with Crippen LogP contribution in [0.4, 0.5) is 0 Å². The van der Waals surface area contributed by atoms with Crippen LogP contribution in [-0.2, 0) is 6.54 Å². The fraction of sp³-hybridized carbons (Fsp3) is 0.571. The first-order valence-electron chi connectivity index (χ1n) is 6.50. The Morgan fingerprint density at radius 2 is 1.79 bits per heavy atom. The lowest BCUT2D eigenvalue weighted by atomic mass is 10.1. The SMILES string of the molecule is COc1cc(CN2CCNCC2)c(OC)c(OC)c1. The monoisotopic (exact) mass is 266 g/mol. The molecule has 1 aliphatic heterocycles. The quantitative estimate of drug-likeness (QED) is 0.865. The van der Waals surface area contributed by atoms with Gasteiger partial charge in [0.25, 0.3) is 0 Å². The van der Waals surface area contributed by atoms with E-state index in [4.69, 9.17) is 14.2 Å². The molecule has 1 fully saturated rings. The number of piperazine rings is 1. The molecule has 106 valence electrons. The summed E-state index contributed by atoms with van der Waals surface area (Å²) in [6, 6.07) is 3.86. The molecule has 0 amide bonds. The third-order valence-electron chi connectivity index (χ3n) is 3.37. The van der Waals surface area contributed by atoms with E-state index >= 15 is 0 Å². The average Bonchev–Trinajstić information content (AvgIpc) is 2.47. The maximum absolute atomic E-state index is 5.49. The Balaban J connectivity index is 2.25. The van der Waals surface area contributed by atoms with E-state index in [9.17, 15) is 0 Å². The first-order chi connectivity index (χ1) is 9.28. The summed E-state index contributed by atoms with van der Waals surface area (Å²) < 4.78 is 16.2. The van der Waals surface area contributed by atoms with E-state index in [2.05, 4.69) is 10.2 Å². The van der Waals surface area contributed by atoms with Crippen LogP contribution >= 0.6 is 0 Å². The molecule has 0 saturated carbocycles. The molecule has 1 aliphatic rings. The highest BCUT2D eigenvalue weighted by Gasteiger charge is 2.17. The number of nitrogens with zero attached hydrogens (tertiary/aromatic N) is 1. The van der Waals surface area contributed by atoms with Gasteiger partial charge in [-0.25, -0.2) is 0 Å². The molecule has 1 saturated heterocycles. The maximum Gasteiger partial charge on any atom is 0.165 e. The van der Waals surface area contributed by atoms with E-state index in [1.54, 1.807) is 21.3 Å². The molecule has 0 radical (unpaired) electrons. The molecule has 19 heavy (non-hydrogen) atoms. The van der Waals surface area contributed by atoms with Gasteiger partial charge in [0.15, 0.2) is 11.5 Å². The topological polar surface area (TPSA) is 43.0 Å². The second-order valence-corrected chi connectivity index (χ2v) is 4.55. The highest BCUT2D eigenvalue weighted by molar-refractivity contribution is 5.51. The lowest BCUT2D eigenvalue weighted by molar-refractivity contribution is 0.228. The van der Waals surface area contributed by atoms with Gasteiger partial charge in [0.1, 0.15) is 5.75 Å². The summed E-state index contributed by atoms with van der Waals surface area (Å²) in [6.45, 7) is 5.00. The summed E-state index contributed by atoms with van der Waals surface area (Å²) in [6.07, 6.45) is 0. The van der Waals surface area contributed by atoms with Crippen molar-refractivity contribution in [3.05, 3.63) is 17.7 Å². The van der Waals surface area contributed by atoms with Crippen molar-refractivity contribution in [3.8, 4) is 17.2 Å². The summed E-state index contributed by atoms with van der Waals surface area (Å²) in [5.74, 6) is 2.30. The van der Waals surface area contributed by atoms with Gasteiger partial charge < -0.3 is 19.5 Å². The van der Waals surface area contributed by atoms with Crippen LogP contribution in [0.2, 0.25) is 0 Å². The molecule has 0 spiro atoms.